The molecule has 2 fully saturated rings. The third kappa shape index (κ3) is 48.4. The van der Waals surface area contributed by atoms with Gasteiger partial charge in [-0.05, 0) is 64.2 Å². The molecule has 0 aromatic heterocycles. The second kappa shape index (κ2) is 65.3. The molecule has 0 aromatic carbocycles. The van der Waals surface area contributed by atoms with Crippen LogP contribution in [-0.4, -0.2) is 140 Å². The highest BCUT2D eigenvalue weighted by Crippen LogP contribution is 2.30. The van der Waals surface area contributed by atoms with Gasteiger partial charge >= 0.3 is 0 Å². The Hall–Kier alpha value is -2.05. The molecule has 9 N–H and O–H groups in total. The number of hydrogen-bond donors (Lipinski definition) is 9. The van der Waals surface area contributed by atoms with E-state index < -0.39 is 86.8 Å². The van der Waals surface area contributed by atoms with Gasteiger partial charge in [0.05, 0.1) is 32.0 Å². The number of ether oxygens (including phenoxy) is 4. The Bertz CT molecular complexity index is 1780. The van der Waals surface area contributed by atoms with Crippen LogP contribution >= 0.6 is 0 Å². The van der Waals surface area contributed by atoms with Crippen LogP contribution in [0.5, 0.6) is 0 Å². The van der Waals surface area contributed by atoms with Crippen molar-refractivity contribution in [2.24, 2.45) is 0 Å². The third-order valence-corrected chi connectivity index (χ3v) is 19.7. The first-order valence-corrected chi connectivity index (χ1v) is 40.4. The zero-order valence-electron chi connectivity index (χ0n) is 61.2. The van der Waals surface area contributed by atoms with Gasteiger partial charge in [0.25, 0.3) is 0 Å². The zero-order chi connectivity index (χ0) is 68.7. The van der Waals surface area contributed by atoms with Crippen LogP contribution in [0.2, 0.25) is 0 Å². The Balaban J connectivity index is 1.62. The molecule has 12 atom stereocenters. The van der Waals surface area contributed by atoms with E-state index in [1.54, 1.807) is 6.08 Å². The van der Waals surface area contributed by atoms with E-state index in [-0.39, 0.29) is 18.9 Å². The van der Waals surface area contributed by atoms with Crippen LogP contribution in [0.15, 0.2) is 48.6 Å². The maximum Gasteiger partial charge on any atom is 0.220 e. The van der Waals surface area contributed by atoms with Crippen molar-refractivity contribution in [3.05, 3.63) is 48.6 Å². The Labute approximate surface area is 582 Å². The van der Waals surface area contributed by atoms with E-state index in [4.69, 9.17) is 18.9 Å². The van der Waals surface area contributed by atoms with Gasteiger partial charge in [0, 0.05) is 6.42 Å². The highest BCUT2D eigenvalue weighted by Gasteiger charge is 2.51. The molecule has 1 amide bonds. The number of hydrogen-bond acceptors (Lipinski definition) is 13. The van der Waals surface area contributed by atoms with Crippen molar-refractivity contribution in [3.8, 4) is 0 Å². The van der Waals surface area contributed by atoms with Gasteiger partial charge in [0.2, 0.25) is 5.91 Å². The van der Waals surface area contributed by atoms with Crippen molar-refractivity contribution in [1.29, 1.82) is 0 Å². The quantitative estimate of drug-likeness (QED) is 0.0204. The van der Waals surface area contributed by atoms with Gasteiger partial charge in [-0.3, -0.25) is 4.79 Å². The molecule has 2 aliphatic rings. The third-order valence-electron chi connectivity index (χ3n) is 19.7. The predicted molar refractivity (Wildman–Crippen MR) is 392 cm³/mol. The number of amides is 1. The molecule has 2 rings (SSSR count). The number of rotatable bonds is 68. The lowest BCUT2D eigenvalue weighted by Crippen LogP contribution is -2.65. The average Bonchev–Trinajstić information content (AvgIpc) is 0.801. The van der Waals surface area contributed by atoms with Crippen LogP contribution in [0.25, 0.3) is 0 Å². The molecule has 14 nitrogen and oxygen atoms in total. The highest BCUT2D eigenvalue weighted by molar-refractivity contribution is 5.76. The molecule has 2 aliphatic heterocycles. The van der Waals surface area contributed by atoms with E-state index in [0.29, 0.717) is 12.8 Å². The molecule has 2 saturated heterocycles. The number of aliphatic hydroxyl groups is 8. The summed E-state index contributed by atoms with van der Waals surface area (Å²) in [6.07, 6.45) is 70.6. The van der Waals surface area contributed by atoms with Gasteiger partial charge in [-0.1, -0.05) is 345 Å². The normalized spacial score (nSPS) is 22.5. The molecular formula is C81H151NO13. The molecular weight excluding hydrogens is 1190 g/mol. The van der Waals surface area contributed by atoms with Crippen molar-refractivity contribution in [1.82, 2.24) is 5.32 Å². The molecule has 0 spiro atoms. The van der Waals surface area contributed by atoms with Gasteiger partial charge in [0.15, 0.2) is 12.6 Å². The lowest BCUT2D eigenvalue weighted by atomic mass is 9.97. The van der Waals surface area contributed by atoms with Gasteiger partial charge in [0.1, 0.15) is 48.8 Å². The fraction of sp³-hybridized carbons (Fsp3) is 0.889. The fourth-order valence-corrected chi connectivity index (χ4v) is 13.3. The van der Waals surface area contributed by atoms with Crippen molar-refractivity contribution >= 4 is 5.91 Å². The van der Waals surface area contributed by atoms with E-state index in [1.165, 1.54) is 295 Å². The summed E-state index contributed by atoms with van der Waals surface area (Å²) in [4.78, 5) is 13.4. The summed E-state index contributed by atoms with van der Waals surface area (Å²) in [5.41, 5.74) is 0. The summed E-state index contributed by atoms with van der Waals surface area (Å²) in [5.74, 6) is -0.242. The van der Waals surface area contributed by atoms with E-state index in [2.05, 4.69) is 55.6 Å². The number of allylic oxidation sites excluding steroid dienone is 7. The average molecular weight is 1350 g/mol. The molecule has 2 heterocycles. The van der Waals surface area contributed by atoms with Crippen LogP contribution in [0.3, 0.4) is 0 Å². The molecule has 558 valence electrons. The summed E-state index contributed by atoms with van der Waals surface area (Å²) in [6.45, 7) is 2.83. The van der Waals surface area contributed by atoms with E-state index in [9.17, 15) is 45.6 Å². The SMILES string of the molecule is CCCCCCC/C=C\C/C=C\CCCCCCCCCCCCCCCCCCCCCCCC(=O)NC(COC1OC(CO)C(OC2OC(CO)C(O)C(O)C2O)C(O)C1O)C(O)/C=C/CC/C=C/CCCCCCCCCCCCCCCCCCCCCCCC. The standard InChI is InChI=1S/C81H151NO13/c1-3-5-7-9-11-13-15-17-19-21-23-25-27-29-31-33-34-35-36-37-39-41-43-45-47-49-51-53-55-57-59-61-63-65-73(86)82-69(68-92-80-78(91)76(89)79(72(67-84)94-80)95-81-77(90)75(88)74(87)71(66-83)93-81)70(85)64-62-60-58-56-54-52-50-48-46-44-42-40-38-32-30-28-26-24-22-20-18-16-14-12-10-8-6-4-2/h15,17,21,23,54,56,62,64,69-72,74-81,83-85,87-91H,3-14,16,18-20,22,24-53,55,57-61,63,65-68H2,1-2H3,(H,82,86)/b17-15-,23-21-,56-54+,64-62+. The van der Waals surface area contributed by atoms with Gasteiger partial charge in [-0.15, -0.1) is 0 Å². The molecule has 0 aromatic rings. The number of nitrogens with one attached hydrogen (secondary N) is 1. The fourth-order valence-electron chi connectivity index (χ4n) is 13.3. The number of unbranched alkanes of at least 4 members (excludes halogenated alkanes) is 49. The maximum atomic E-state index is 13.4. The maximum absolute atomic E-state index is 13.4. The number of carbonyl (C=O) groups is 1. The van der Waals surface area contributed by atoms with Gasteiger partial charge in [-0.2, -0.15) is 0 Å². The topological polar surface area (TPSA) is 228 Å². The second-order valence-corrected chi connectivity index (χ2v) is 28.5. The van der Waals surface area contributed by atoms with Gasteiger partial charge in [-0.25, -0.2) is 0 Å². The summed E-state index contributed by atoms with van der Waals surface area (Å²) in [7, 11) is 0. The molecule has 0 aliphatic carbocycles. The van der Waals surface area contributed by atoms with E-state index >= 15 is 0 Å². The van der Waals surface area contributed by atoms with Crippen molar-refractivity contribution in [2.75, 3.05) is 19.8 Å². The van der Waals surface area contributed by atoms with Crippen LogP contribution in [0, 0.1) is 0 Å². The van der Waals surface area contributed by atoms with Crippen LogP contribution in [0.4, 0.5) is 0 Å². The largest absolute Gasteiger partial charge is 0.394 e. The summed E-state index contributed by atoms with van der Waals surface area (Å²) in [5, 5.41) is 87.7. The minimum atomic E-state index is -1.79. The lowest BCUT2D eigenvalue weighted by molar-refractivity contribution is -0.359. The number of aliphatic hydroxyl groups excluding tert-OH is 8. The Morgan fingerprint density at radius 2 is 0.705 bits per heavy atom. The van der Waals surface area contributed by atoms with Crippen LogP contribution in [0.1, 0.15) is 367 Å². The summed E-state index contributed by atoms with van der Waals surface area (Å²) >= 11 is 0. The first kappa shape index (κ1) is 89.0. The summed E-state index contributed by atoms with van der Waals surface area (Å²) in [6, 6.07) is -0.933. The monoisotopic (exact) mass is 1350 g/mol. The minimum absolute atomic E-state index is 0.242. The molecule has 12 unspecified atom stereocenters. The number of carbonyl (C=O) groups excluding carboxylic acids is 1. The van der Waals surface area contributed by atoms with Crippen molar-refractivity contribution in [2.45, 2.75) is 441 Å². The van der Waals surface area contributed by atoms with Gasteiger partial charge < -0.3 is 65.1 Å². The van der Waals surface area contributed by atoms with Crippen molar-refractivity contribution in [3.63, 3.8) is 0 Å². The molecule has 95 heavy (non-hydrogen) atoms. The van der Waals surface area contributed by atoms with Crippen LogP contribution in [-0.2, 0) is 23.7 Å². The first-order chi connectivity index (χ1) is 46.6. The Morgan fingerprint density at radius 3 is 1.09 bits per heavy atom. The Kier molecular flexibility index (Phi) is 61.2. The van der Waals surface area contributed by atoms with E-state index in [1.807, 2.05) is 6.08 Å². The van der Waals surface area contributed by atoms with Crippen molar-refractivity contribution < 1.29 is 64.6 Å². The predicted octanol–water partition coefficient (Wildman–Crippen LogP) is 18.2. The first-order valence-electron chi connectivity index (χ1n) is 40.4. The minimum Gasteiger partial charge on any atom is -0.394 e. The molecule has 0 saturated carbocycles. The smallest absolute Gasteiger partial charge is 0.220 e. The lowest BCUT2D eigenvalue weighted by Gasteiger charge is -2.46. The molecule has 0 bridgehead atoms. The summed E-state index contributed by atoms with van der Waals surface area (Å²) < 4.78 is 22.9. The zero-order valence-corrected chi connectivity index (χ0v) is 61.2. The van der Waals surface area contributed by atoms with E-state index in [0.717, 1.165) is 38.5 Å². The van der Waals surface area contributed by atoms with Crippen LogP contribution < -0.4 is 5.32 Å². The highest BCUT2D eigenvalue weighted by atomic mass is 16.7. The Morgan fingerprint density at radius 1 is 0.379 bits per heavy atom. The molecule has 0 radical (unpaired) electrons. The second-order valence-electron chi connectivity index (χ2n) is 28.5. The molecule has 14 heteroatoms.